The minimum absolute atomic E-state index is 0.0616. The number of carboxylic acid groups (broad SMARTS) is 1. The highest BCUT2D eigenvalue weighted by atomic mass is 19.1. The second-order valence-electron chi connectivity index (χ2n) is 8.70. The van der Waals surface area contributed by atoms with Gasteiger partial charge in [0.05, 0.1) is 5.56 Å². The Morgan fingerprint density at radius 1 is 1.00 bits per heavy atom. The fraction of sp³-hybridized carbons (Fsp3) is 0.207. The van der Waals surface area contributed by atoms with E-state index in [-0.39, 0.29) is 17.6 Å². The van der Waals surface area contributed by atoms with E-state index in [4.69, 9.17) is 4.74 Å². The van der Waals surface area contributed by atoms with Crippen molar-refractivity contribution >= 4 is 16.7 Å². The number of halogens is 1. The Hall–Kier alpha value is -3.70. The van der Waals surface area contributed by atoms with Gasteiger partial charge < -0.3 is 15.2 Å². The second kappa shape index (κ2) is 9.65. The molecule has 5 heteroatoms. The first kappa shape index (κ1) is 22.1. The Bertz CT molecular complexity index is 1330. The van der Waals surface area contributed by atoms with Crippen molar-refractivity contribution in [1.29, 1.82) is 0 Å². The third-order valence-corrected chi connectivity index (χ3v) is 6.53. The predicted octanol–water partition coefficient (Wildman–Crippen LogP) is 5.79. The van der Waals surface area contributed by atoms with Crippen LogP contribution in [0, 0.1) is 5.82 Å². The molecular weight excluding hydrogens is 429 g/mol. The van der Waals surface area contributed by atoms with E-state index in [0.29, 0.717) is 13.0 Å². The lowest BCUT2D eigenvalue weighted by atomic mass is 9.83. The topological polar surface area (TPSA) is 58.6 Å². The van der Waals surface area contributed by atoms with E-state index < -0.39 is 11.8 Å². The van der Waals surface area contributed by atoms with Crippen LogP contribution in [0.25, 0.3) is 10.8 Å². The van der Waals surface area contributed by atoms with Crippen molar-refractivity contribution in [3.8, 4) is 5.75 Å². The first-order valence-corrected chi connectivity index (χ1v) is 11.6. The fourth-order valence-electron chi connectivity index (χ4n) is 4.85. The average molecular weight is 456 g/mol. The number of nitrogens with one attached hydrogen (secondary N) is 1. The van der Waals surface area contributed by atoms with Gasteiger partial charge in [-0.1, -0.05) is 66.7 Å². The molecule has 1 aliphatic rings. The number of carboxylic acids is 1. The molecule has 0 saturated heterocycles. The summed E-state index contributed by atoms with van der Waals surface area (Å²) in [4.78, 5) is 11.5. The second-order valence-corrected chi connectivity index (χ2v) is 8.70. The van der Waals surface area contributed by atoms with E-state index in [1.165, 1.54) is 28.5 Å². The van der Waals surface area contributed by atoms with E-state index in [1.807, 2.05) is 24.3 Å². The molecule has 0 radical (unpaired) electrons. The minimum Gasteiger partial charge on any atom is -0.489 e. The molecule has 0 spiro atoms. The summed E-state index contributed by atoms with van der Waals surface area (Å²) in [5.41, 5.74) is 2.80. The van der Waals surface area contributed by atoms with Gasteiger partial charge in [0.15, 0.2) is 0 Å². The molecule has 0 fully saturated rings. The van der Waals surface area contributed by atoms with Gasteiger partial charge in [0.2, 0.25) is 0 Å². The number of rotatable bonds is 7. The lowest BCUT2D eigenvalue weighted by Crippen LogP contribution is -2.36. The number of aromatic carboxylic acids is 1. The van der Waals surface area contributed by atoms with Gasteiger partial charge in [-0.3, -0.25) is 0 Å². The maximum absolute atomic E-state index is 14.0. The maximum Gasteiger partial charge on any atom is 0.338 e. The third-order valence-electron chi connectivity index (χ3n) is 6.53. The largest absolute Gasteiger partial charge is 0.489 e. The first-order valence-electron chi connectivity index (χ1n) is 11.6. The zero-order chi connectivity index (χ0) is 23.5. The van der Waals surface area contributed by atoms with E-state index in [9.17, 15) is 14.3 Å². The van der Waals surface area contributed by atoms with Gasteiger partial charge in [-0.2, -0.15) is 0 Å². The van der Waals surface area contributed by atoms with Crippen molar-refractivity contribution in [2.75, 3.05) is 13.1 Å². The van der Waals surface area contributed by atoms with Crippen molar-refractivity contribution in [3.05, 3.63) is 113 Å². The Balaban J connectivity index is 1.29. The van der Waals surface area contributed by atoms with Crippen LogP contribution >= 0.6 is 0 Å². The number of hydrogen-bond acceptors (Lipinski definition) is 3. The number of hydrogen-bond donors (Lipinski definition) is 2. The van der Waals surface area contributed by atoms with Crippen LogP contribution in [0.15, 0.2) is 84.9 Å². The quantitative estimate of drug-likeness (QED) is 0.346. The summed E-state index contributed by atoms with van der Waals surface area (Å²) in [6.45, 7) is 1.49. The van der Waals surface area contributed by atoms with Gasteiger partial charge in [-0.25, -0.2) is 9.18 Å². The monoisotopic (exact) mass is 455 g/mol. The number of fused-ring (bicyclic) bond motifs is 2. The van der Waals surface area contributed by atoms with Crippen LogP contribution in [0.4, 0.5) is 4.39 Å². The molecule has 2 unspecified atom stereocenters. The number of carbonyl (C=O) groups is 1. The highest BCUT2D eigenvalue weighted by Crippen LogP contribution is 2.40. The molecule has 0 bridgehead atoms. The summed E-state index contributed by atoms with van der Waals surface area (Å²) in [6, 6.07) is 27.0. The fourth-order valence-corrected chi connectivity index (χ4v) is 4.85. The van der Waals surface area contributed by atoms with Gasteiger partial charge in [-0.15, -0.1) is 0 Å². The van der Waals surface area contributed by atoms with E-state index in [2.05, 4.69) is 47.8 Å². The zero-order valence-corrected chi connectivity index (χ0v) is 18.7. The third kappa shape index (κ3) is 4.52. The van der Waals surface area contributed by atoms with Crippen molar-refractivity contribution < 1.29 is 19.0 Å². The molecule has 4 aromatic carbocycles. The van der Waals surface area contributed by atoms with Crippen molar-refractivity contribution in [3.63, 3.8) is 0 Å². The number of benzene rings is 4. The molecule has 34 heavy (non-hydrogen) atoms. The summed E-state index contributed by atoms with van der Waals surface area (Å²) in [7, 11) is 0. The van der Waals surface area contributed by atoms with Crippen molar-refractivity contribution in [2.24, 2.45) is 0 Å². The van der Waals surface area contributed by atoms with Crippen LogP contribution in [-0.2, 0) is 6.42 Å². The summed E-state index contributed by atoms with van der Waals surface area (Å²) in [5.74, 6) is -1.25. The van der Waals surface area contributed by atoms with Gasteiger partial charge >= 0.3 is 5.97 Å². The predicted molar refractivity (Wildman–Crippen MR) is 131 cm³/mol. The first-order chi connectivity index (χ1) is 16.6. The van der Waals surface area contributed by atoms with Crippen LogP contribution in [0.3, 0.4) is 0 Å². The standard InChI is InChI=1S/C29H26FNO3/c30-27-13-12-21(16-26(27)29(32)33)25-17-22(34-28-11-4-3-10-24(25)28)18-31-15-14-20-8-5-7-19-6-1-2-9-23(19)20/h1-13,16,22,25,31H,14-15,17-18H2,(H,32,33). The van der Waals surface area contributed by atoms with Crippen molar-refractivity contribution in [2.45, 2.75) is 24.9 Å². The molecule has 0 amide bonds. The Morgan fingerprint density at radius 2 is 1.79 bits per heavy atom. The molecule has 2 atom stereocenters. The van der Waals surface area contributed by atoms with Crippen LogP contribution in [0.2, 0.25) is 0 Å². The van der Waals surface area contributed by atoms with Gasteiger partial charge in [0.25, 0.3) is 0 Å². The Morgan fingerprint density at radius 3 is 2.68 bits per heavy atom. The van der Waals surface area contributed by atoms with E-state index in [0.717, 1.165) is 29.8 Å². The van der Waals surface area contributed by atoms with Crippen LogP contribution in [0.1, 0.15) is 39.4 Å². The Labute approximate surface area is 198 Å². The van der Waals surface area contributed by atoms with Crippen LogP contribution in [0.5, 0.6) is 5.75 Å². The van der Waals surface area contributed by atoms with E-state index in [1.54, 1.807) is 6.07 Å². The highest BCUT2D eigenvalue weighted by molar-refractivity contribution is 5.88. The summed E-state index contributed by atoms with van der Waals surface area (Å²) in [5, 5.41) is 15.4. The smallest absolute Gasteiger partial charge is 0.338 e. The average Bonchev–Trinajstić information content (AvgIpc) is 2.86. The van der Waals surface area contributed by atoms with Gasteiger partial charge in [0, 0.05) is 18.0 Å². The van der Waals surface area contributed by atoms with Crippen LogP contribution < -0.4 is 10.1 Å². The molecule has 1 aliphatic heterocycles. The zero-order valence-electron chi connectivity index (χ0n) is 18.7. The molecule has 1 heterocycles. The molecule has 4 nitrogen and oxygen atoms in total. The molecule has 5 rings (SSSR count). The SMILES string of the molecule is O=C(O)c1cc(C2CC(CNCCc3cccc4ccccc34)Oc3ccccc32)ccc1F. The van der Waals surface area contributed by atoms with Crippen molar-refractivity contribution in [1.82, 2.24) is 5.32 Å². The number of ether oxygens (including phenoxy) is 1. The molecule has 2 N–H and O–H groups in total. The molecule has 0 saturated carbocycles. The molecular formula is C29H26FNO3. The minimum atomic E-state index is -1.26. The summed E-state index contributed by atoms with van der Waals surface area (Å²) < 4.78 is 20.2. The maximum atomic E-state index is 14.0. The molecule has 172 valence electrons. The summed E-state index contributed by atoms with van der Waals surface area (Å²) in [6.07, 6.45) is 1.52. The van der Waals surface area contributed by atoms with Crippen LogP contribution in [-0.4, -0.2) is 30.3 Å². The Kier molecular flexibility index (Phi) is 6.28. The lowest BCUT2D eigenvalue weighted by Gasteiger charge is -2.33. The molecule has 0 aromatic heterocycles. The highest BCUT2D eigenvalue weighted by Gasteiger charge is 2.30. The normalized spacial score (nSPS) is 17.2. The van der Waals surface area contributed by atoms with Gasteiger partial charge in [-0.05, 0) is 59.5 Å². The summed E-state index contributed by atoms with van der Waals surface area (Å²) >= 11 is 0. The number of para-hydroxylation sites is 1. The van der Waals surface area contributed by atoms with Gasteiger partial charge in [0.1, 0.15) is 17.7 Å². The molecule has 0 aliphatic carbocycles. The molecule has 4 aromatic rings. The van der Waals surface area contributed by atoms with E-state index >= 15 is 0 Å². The lowest BCUT2D eigenvalue weighted by molar-refractivity contribution is 0.0691.